The van der Waals surface area contributed by atoms with Crippen LogP contribution in [0.1, 0.15) is 19.8 Å². The Morgan fingerprint density at radius 1 is 1.57 bits per heavy atom. The van der Waals surface area contributed by atoms with Gasteiger partial charge in [-0.3, -0.25) is 9.89 Å². The van der Waals surface area contributed by atoms with Crippen LogP contribution in [0.15, 0.2) is 17.3 Å². The average Bonchev–Trinajstić information content (AvgIpc) is 2.84. The Hall–Kier alpha value is -1.36. The highest BCUT2D eigenvalue weighted by Crippen LogP contribution is 2.30. The Bertz CT molecular complexity index is 264. The molecule has 1 aliphatic carbocycles. The highest BCUT2D eigenvalue weighted by molar-refractivity contribution is 5.78. The molecule has 0 aromatic carbocycles. The highest BCUT2D eigenvalue weighted by atomic mass is 16.2. The third-order valence-electron chi connectivity index (χ3n) is 2.01. The number of hydrogen-bond donors (Lipinski definition) is 2. The fraction of sp³-hybridized carbons (Fsp3) is 0.556. The zero-order valence-electron chi connectivity index (χ0n) is 8.31. The van der Waals surface area contributed by atoms with Gasteiger partial charge in [0.05, 0.1) is 0 Å². The molecular formula is C9H16N4O. The smallest absolute Gasteiger partial charge is 0.320 e. The molecule has 0 aromatic rings. The molecule has 2 amide bonds. The first kappa shape index (κ1) is 10.7. The van der Waals surface area contributed by atoms with Crippen LogP contribution in [0.4, 0.5) is 4.79 Å². The molecule has 5 heteroatoms. The molecule has 1 heterocycles. The lowest BCUT2D eigenvalue weighted by molar-refractivity contribution is 0.225. The molecule has 2 rings (SSSR count). The van der Waals surface area contributed by atoms with Gasteiger partial charge in [-0.1, -0.05) is 0 Å². The van der Waals surface area contributed by atoms with Crippen LogP contribution < -0.4 is 11.5 Å². The molecule has 4 N–H and O–H groups in total. The lowest BCUT2D eigenvalue weighted by Gasteiger charge is -2.13. The van der Waals surface area contributed by atoms with Crippen LogP contribution in [0.25, 0.3) is 0 Å². The van der Waals surface area contributed by atoms with Gasteiger partial charge in [0, 0.05) is 18.0 Å². The third kappa shape index (κ3) is 4.04. The first-order valence-corrected chi connectivity index (χ1v) is 4.53. The largest absolute Gasteiger partial charge is 0.351 e. The van der Waals surface area contributed by atoms with E-state index < -0.39 is 6.03 Å². The van der Waals surface area contributed by atoms with Crippen LogP contribution in [0, 0.1) is 0 Å². The summed E-state index contributed by atoms with van der Waals surface area (Å²) in [6, 6.07) is -0.469. The third-order valence-corrected chi connectivity index (χ3v) is 2.01. The van der Waals surface area contributed by atoms with E-state index in [4.69, 9.17) is 11.5 Å². The van der Waals surface area contributed by atoms with E-state index in [-0.39, 0.29) is 5.54 Å². The minimum absolute atomic E-state index is 0.250. The second-order valence-corrected chi connectivity index (χ2v) is 3.78. The van der Waals surface area contributed by atoms with E-state index in [2.05, 4.69) is 11.9 Å². The molecule has 0 spiro atoms. The van der Waals surface area contributed by atoms with Crippen molar-refractivity contribution >= 4 is 12.2 Å². The van der Waals surface area contributed by atoms with Gasteiger partial charge < -0.3 is 11.5 Å². The van der Waals surface area contributed by atoms with Crippen molar-refractivity contribution in [3.63, 3.8) is 0 Å². The SMILES string of the molecule is CC1(N)CC1.NC(=O)N1C=CC=NC1. The summed E-state index contributed by atoms with van der Waals surface area (Å²) in [4.78, 5) is 15.5. The maximum atomic E-state index is 10.4. The predicted molar refractivity (Wildman–Crippen MR) is 55.7 cm³/mol. The van der Waals surface area contributed by atoms with Crippen LogP contribution in [0.5, 0.6) is 0 Å². The van der Waals surface area contributed by atoms with Gasteiger partial charge in [0.2, 0.25) is 0 Å². The fourth-order valence-corrected chi connectivity index (χ4v) is 0.726. The highest BCUT2D eigenvalue weighted by Gasteiger charge is 2.31. The van der Waals surface area contributed by atoms with Crippen molar-refractivity contribution < 1.29 is 4.79 Å². The van der Waals surface area contributed by atoms with Crippen molar-refractivity contribution in [2.45, 2.75) is 25.3 Å². The maximum Gasteiger partial charge on any atom is 0.320 e. The van der Waals surface area contributed by atoms with Crippen molar-refractivity contribution in [2.24, 2.45) is 16.5 Å². The summed E-state index contributed by atoms with van der Waals surface area (Å²) >= 11 is 0. The number of rotatable bonds is 0. The van der Waals surface area contributed by atoms with Crippen LogP contribution >= 0.6 is 0 Å². The number of aliphatic imine (C=N–C) groups is 1. The maximum absolute atomic E-state index is 10.4. The molecule has 0 unspecified atom stereocenters. The number of carbonyl (C=O) groups is 1. The van der Waals surface area contributed by atoms with Crippen LogP contribution in [0.2, 0.25) is 0 Å². The van der Waals surface area contributed by atoms with Gasteiger partial charge in [0.25, 0.3) is 0 Å². The van der Waals surface area contributed by atoms with Gasteiger partial charge >= 0.3 is 6.03 Å². The summed E-state index contributed by atoms with van der Waals surface area (Å²) in [6.45, 7) is 2.42. The van der Waals surface area contributed by atoms with Gasteiger partial charge in [-0.15, -0.1) is 0 Å². The molecule has 0 saturated heterocycles. The van der Waals surface area contributed by atoms with Crippen molar-refractivity contribution in [1.29, 1.82) is 0 Å². The molecule has 1 saturated carbocycles. The van der Waals surface area contributed by atoms with Gasteiger partial charge in [-0.05, 0) is 25.8 Å². The molecule has 0 atom stereocenters. The average molecular weight is 196 g/mol. The monoisotopic (exact) mass is 196 g/mol. The lowest BCUT2D eigenvalue weighted by Crippen LogP contribution is -2.32. The number of primary amides is 1. The van der Waals surface area contributed by atoms with E-state index in [1.54, 1.807) is 18.5 Å². The summed E-state index contributed by atoms with van der Waals surface area (Å²) in [7, 11) is 0. The Labute approximate surface area is 83.5 Å². The lowest BCUT2D eigenvalue weighted by atomic mass is 10.4. The number of amides is 2. The molecule has 78 valence electrons. The van der Waals surface area contributed by atoms with Gasteiger partial charge in [-0.25, -0.2) is 4.79 Å². The summed E-state index contributed by atoms with van der Waals surface area (Å²) in [5.41, 5.74) is 10.6. The number of allylic oxidation sites excluding steroid dienone is 1. The fourth-order valence-electron chi connectivity index (χ4n) is 0.726. The van der Waals surface area contributed by atoms with Crippen molar-refractivity contribution in [3.05, 3.63) is 12.3 Å². The zero-order valence-corrected chi connectivity index (χ0v) is 8.31. The molecule has 0 bridgehead atoms. The summed E-state index contributed by atoms with van der Waals surface area (Å²) in [6.07, 6.45) is 7.34. The second-order valence-electron chi connectivity index (χ2n) is 3.78. The van der Waals surface area contributed by atoms with Crippen LogP contribution in [-0.2, 0) is 0 Å². The predicted octanol–water partition coefficient (Wildman–Crippen LogP) is 0.420. The van der Waals surface area contributed by atoms with Gasteiger partial charge in [0.1, 0.15) is 6.67 Å². The van der Waals surface area contributed by atoms with E-state index in [9.17, 15) is 4.79 Å². The van der Waals surface area contributed by atoms with E-state index in [0.29, 0.717) is 6.67 Å². The quantitative estimate of drug-likeness (QED) is 0.588. The molecular weight excluding hydrogens is 180 g/mol. The van der Waals surface area contributed by atoms with E-state index in [1.807, 2.05) is 0 Å². The van der Waals surface area contributed by atoms with Gasteiger partial charge in [-0.2, -0.15) is 0 Å². The number of hydrogen-bond acceptors (Lipinski definition) is 3. The van der Waals surface area contributed by atoms with Crippen LogP contribution in [-0.4, -0.2) is 29.4 Å². The summed E-state index contributed by atoms with van der Waals surface area (Å²) < 4.78 is 0. The Kier molecular flexibility index (Phi) is 3.24. The normalized spacial score (nSPS) is 21.1. The van der Waals surface area contributed by atoms with Crippen molar-refractivity contribution in [1.82, 2.24) is 4.90 Å². The second kappa shape index (κ2) is 4.23. The number of nitrogens with two attached hydrogens (primary N) is 2. The van der Waals surface area contributed by atoms with E-state index in [0.717, 1.165) is 0 Å². The molecule has 0 radical (unpaired) electrons. The standard InChI is InChI=1S/C5H7N3O.C4H9N/c6-5(9)8-3-1-2-7-4-8;1-4(5)2-3-4/h1-3H,4H2,(H2,6,9);2-3,5H2,1H3. The van der Waals surface area contributed by atoms with E-state index >= 15 is 0 Å². The molecule has 14 heavy (non-hydrogen) atoms. The van der Waals surface area contributed by atoms with Crippen LogP contribution in [0.3, 0.4) is 0 Å². The molecule has 1 aliphatic heterocycles. The Morgan fingerprint density at radius 2 is 2.14 bits per heavy atom. The minimum atomic E-state index is -0.469. The first-order chi connectivity index (χ1) is 6.51. The van der Waals surface area contributed by atoms with Crippen molar-refractivity contribution in [2.75, 3.05) is 6.67 Å². The molecule has 5 nitrogen and oxygen atoms in total. The first-order valence-electron chi connectivity index (χ1n) is 4.53. The summed E-state index contributed by atoms with van der Waals surface area (Å²) in [5, 5.41) is 0. The van der Waals surface area contributed by atoms with E-state index in [1.165, 1.54) is 17.7 Å². The topological polar surface area (TPSA) is 84.7 Å². The van der Waals surface area contributed by atoms with Crippen molar-refractivity contribution in [3.8, 4) is 0 Å². The molecule has 1 fully saturated rings. The zero-order chi connectivity index (χ0) is 10.6. The Morgan fingerprint density at radius 3 is 2.36 bits per heavy atom. The number of urea groups is 1. The van der Waals surface area contributed by atoms with Gasteiger partial charge in [0.15, 0.2) is 0 Å². The number of nitrogens with zero attached hydrogens (tertiary/aromatic N) is 2. The molecule has 0 aromatic heterocycles. The Balaban J connectivity index is 0.000000165. The summed E-state index contributed by atoms with van der Waals surface area (Å²) in [5.74, 6) is 0. The minimum Gasteiger partial charge on any atom is -0.351 e. The number of carbonyl (C=O) groups excluding carboxylic acids is 1. The molecule has 2 aliphatic rings.